The van der Waals surface area contributed by atoms with Gasteiger partial charge in [0.2, 0.25) is 0 Å². The molecule has 0 radical (unpaired) electrons. The number of rotatable bonds is 4. The van der Waals surface area contributed by atoms with Crippen molar-refractivity contribution in [2.24, 2.45) is 0 Å². The van der Waals surface area contributed by atoms with Gasteiger partial charge in [-0.2, -0.15) is 4.98 Å². The van der Waals surface area contributed by atoms with E-state index in [1.807, 2.05) is 0 Å². The summed E-state index contributed by atoms with van der Waals surface area (Å²) in [4.78, 5) is 14.2. The molecule has 19 heavy (non-hydrogen) atoms. The molecule has 0 aliphatic rings. The second kappa shape index (κ2) is 4.81. The predicted molar refractivity (Wildman–Crippen MR) is 63.3 cm³/mol. The van der Waals surface area contributed by atoms with Crippen LogP contribution in [0.4, 0.5) is 0 Å². The molecule has 0 spiro atoms. The molecule has 0 bridgehead atoms. The highest BCUT2D eigenvalue weighted by Crippen LogP contribution is 2.16. The van der Waals surface area contributed by atoms with Gasteiger partial charge >= 0.3 is 11.9 Å². The van der Waals surface area contributed by atoms with Crippen LogP contribution in [0.25, 0.3) is 0 Å². The molecule has 8 heteroatoms. The van der Waals surface area contributed by atoms with E-state index in [9.17, 15) is 13.2 Å². The van der Waals surface area contributed by atoms with Crippen molar-refractivity contribution in [3.8, 4) is 0 Å². The lowest BCUT2D eigenvalue weighted by Gasteiger charge is -2.02. The Balaban J connectivity index is 2.28. The summed E-state index contributed by atoms with van der Waals surface area (Å²) in [7, 11) is -3.63. The Morgan fingerprint density at radius 3 is 2.74 bits per heavy atom. The zero-order chi connectivity index (χ0) is 14.0. The first-order valence-corrected chi connectivity index (χ1v) is 6.89. The minimum absolute atomic E-state index is 0.133. The number of sulfone groups is 1. The average Bonchev–Trinajstić information content (AvgIpc) is 2.77. The third-order valence-electron chi connectivity index (χ3n) is 2.32. The first kappa shape index (κ1) is 13.2. The summed E-state index contributed by atoms with van der Waals surface area (Å²) < 4.78 is 28.5. The fraction of sp³-hybridized carbons (Fsp3) is 0.182. The molecule has 1 aromatic heterocycles. The number of benzene rings is 1. The van der Waals surface area contributed by atoms with Crippen molar-refractivity contribution < 1.29 is 22.8 Å². The van der Waals surface area contributed by atoms with Crippen LogP contribution in [0.2, 0.25) is 0 Å². The minimum Gasteiger partial charge on any atom is -0.474 e. The van der Waals surface area contributed by atoms with Crippen molar-refractivity contribution in [3.05, 3.63) is 41.5 Å². The number of aromatic nitrogens is 2. The molecule has 0 atom stereocenters. The second-order valence-corrected chi connectivity index (χ2v) is 5.89. The minimum atomic E-state index is -3.63. The van der Waals surface area contributed by atoms with Gasteiger partial charge in [0.25, 0.3) is 0 Å². The number of aryl methyl sites for hydroxylation is 1. The Kier molecular flexibility index (Phi) is 3.34. The Morgan fingerprint density at radius 2 is 2.16 bits per heavy atom. The average molecular weight is 282 g/mol. The van der Waals surface area contributed by atoms with Crippen LogP contribution in [-0.4, -0.2) is 29.6 Å². The summed E-state index contributed by atoms with van der Waals surface area (Å²) in [6, 6.07) is 6.38. The first-order valence-electron chi connectivity index (χ1n) is 5.24. The van der Waals surface area contributed by atoms with E-state index in [4.69, 9.17) is 5.11 Å². The molecule has 2 rings (SSSR count). The summed E-state index contributed by atoms with van der Waals surface area (Å²) >= 11 is 0. The van der Waals surface area contributed by atoms with E-state index >= 15 is 0 Å². The van der Waals surface area contributed by atoms with Gasteiger partial charge in [0, 0.05) is 0 Å². The maximum atomic E-state index is 12.1. The molecular weight excluding hydrogens is 272 g/mol. The van der Waals surface area contributed by atoms with Gasteiger partial charge in [0.1, 0.15) is 5.75 Å². The van der Waals surface area contributed by atoms with Gasteiger partial charge in [-0.05, 0) is 24.6 Å². The Morgan fingerprint density at radius 1 is 1.42 bits per heavy atom. The molecule has 1 heterocycles. The van der Waals surface area contributed by atoms with Crippen molar-refractivity contribution in [1.29, 1.82) is 0 Å². The lowest BCUT2D eigenvalue weighted by atomic mass is 10.2. The highest BCUT2D eigenvalue weighted by molar-refractivity contribution is 7.90. The van der Waals surface area contributed by atoms with Crippen molar-refractivity contribution >= 4 is 15.8 Å². The fourth-order valence-corrected chi connectivity index (χ4v) is 2.74. The summed E-state index contributed by atoms with van der Waals surface area (Å²) in [6.07, 6.45) is 0. The summed E-state index contributed by atoms with van der Waals surface area (Å²) in [5.41, 5.74) is 0.806. The van der Waals surface area contributed by atoms with Gasteiger partial charge in [-0.25, -0.2) is 13.2 Å². The lowest BCUT2D eigenvalue weighted by Crippen LogP contribution is -2.07. The first-order chi connectivity index (χ1) is 8.88. The highest BCUT2D eigenvalue weighted by Gasteiger charge is 2.21. The monoisotopic (exact) mass is 282 g/mol. The van der Waals surface area contributed by atoms with Crippen LogP contribution in [0.3, 0.4) is 0 Å². The van der Waals surface area contributed by atoms with Gasteiger partial charge in [-0.1, -0.05) is 17.3 Å². The van der Waals surface area contributed by atoms with E-state index in [2.05, 4.69) is 14.7 Å². The maximum Gasteiger partial charge on any atom is 0.394 e. The fourth-order valence-electron chi connectivity index (χ4n) is 1.46. The zero-order valence-electron chi connectivity index (χ0n) is 9.90. The molecule has 0 aliphatic heterocycles. The predicted octanol–water partition coefficient (Wildman–Crippen LogP) is 1.05. The molecule has 1 N–H and O–H groups in total. The molecule has 0 saturated heterocycles. The smallest absolute Gasteiger partial charge is 0.394 e. The number of aromatic carboxylic acids is 1. The Labute approximate surface area is 108 Å². The van der Waals surface area contributed by atoms with E-state index in [1.165, 1.54) is 12.1 Å². The van der Waals surface area contributed by atoms with Gasteiger partial charge < -0.3 is 9.63 Å². The molecule has 0 amide bonds. The van der Waals surface area contributed by atoms with Gasteiger partial charge in [-0.15, -0.1) is 0 Å². The van der Waals surface area contributed by atoms with Crippen LogP contribution in [0.1, 0.15) is 22.1 Å². The van der Waals surface area contributed by atoms with Crippen LogP contribution in [0.5, 0.6) is 0 Å². The van der Waals surface area contributed by atoms with E-state index in [1.54, 1.807) is 19.1 Å². The van der Waals surface area contributed by atoms with Crippen LogP contribution in [-0.2, 0) is 15.6 Å². The molecule has 0 saturated carbocycles. The van der Waals surface area contributed by atoms with E-state index in [0.717, 1.165) is 5.56 Å². The Bertz CT molecular complexity index is 720. The zero-order valence-corrected chi connectivity index (χ0v) is 10.7. The van der Waals surface area contributed by atoms with Crippen molar-refractivity contribution in [1.82, 2.24) is 10.1 Å². The van der Waals surface area contributed by atoms with E-state index < -0.39 is 27.5 Å². The van der Waals surface area contributed by atoms with E-state index in [0.29, 0.717) is 0 Å². The van der Waals surface area contributed by atoms with Gasteiger partial charge in [-0.3, -0.25) is 0 Å². The number of hydrogen-bond acceptors (Lipinski definition) is 6. The summed E-state index contributed by atoms with van der Waals surface area (Å²) in [6.45, 7) is 1.77. The van der Waals surface area contributed by atoms with E-state index in [-0.39, 0.29) is 10.7 Å². The molecule has 100 valence electrons. The molecule has 0 fully saturated rings. The molecule has 2 aromatic rings. The van der Waals surface area contributed by atoms with Crippen LogP contribution < -0.4 is 0 Å². The third-order valence-corrected chi connectivity index (χ3v) is 3.93. The number of carbonyl (C=O) groups is 1. The maximum absolute atomic E-state index is 12.1. The lowest BCUT2D eigenvalue weighted by molar-refractivity contribution is 0.0643. The van der Waals surface area contributed by atoms with Crippen LogP contribution >= 0.6 is 0 Å². The molecule has 0 unspecified atom stereocenters. The number of hydrogen-bond donors (Lipinski definition) is 1. The van der Waals surface area contributed by atoms with Crippen molar-refractivity contribution in [2.45, 2.75) is 17.6 Å². The standard InChI is InChI=1S/C11H10N2O5S/c1-7-3-2-4-8(5-7)19(16,17)6-9-12-10(11(14)15)18-13-9/h2-5H,6H2,1H3,(H,14,15). The van der Waals surface area contributed by atoms with Crippen LogP contribution in [0, 0.1) is 6.92 Å². The topological polar surface area (TPSA) is 110 Å². The largest absolute Gasteiger partial charge is 0.474 e. The molecule has 0 aliphatic carbocycles. The second-order valence-electron chi connectivity index (χ2n) is 3.90. The summed E-state index contributed by atoms with van der Waals surface area (Å²) in [5, 5.41) is 11.9. The summed E-state index contributed by atoms with van der Waals surface area (Å²) in [5.74, 6) is -2.71. The molecule has 1 aromatic carbocycles. The number of carboxylic acids is 1. The van der Waals surface area contributed by atoms with Crippen molar-refractivity contribution in [2.75, 3.05) is 0 Å². The van der Waals surface area contributed by atoms with Gasteiger partial charge in [0.05, 0.1) is 4.90 Å². The quantitative estimate of drug-likeness (QED) is 0.892. The van der Waals surface area contributed by atoms with Crippen LogP contribution in [0.15, 0.2) is 33.7 Å². The highest BCUT2D eigenvalue weighted by atomic mass is 32.2. The SMILES string of the molecule is Cc1cccc(S(=O)(=O)Cc2noc(C(=O)O)n2)c1. The molecular formula is C11H10N2O5S. The number of nitrogens with zero attached hydrogens (tertiary/aromatic N) is 2. The van der Waals surface area contributed by atoms with Gasteiger partial charge in [0.15, 0.2) is 15.7 Å². The third kappa shape index (κ3) is 2.97. The normalized spacial score (nSPS) is 11.4. The number of carboxylic acid groups (broad SMARTS) is 1. The van der Waals surface area contributed by atoms with Crippen molar-refractivity contribution in [3.63, 3.8) is 0 Å². The molecule has 7 nitrogen and oxygen atoms in total. The Hall–Kier alpha value is -2.22.